The summed E-state index contributed by atoms with van der Waals surface area (Å²) in [7, 11) is -4.18. The molecule has 116 valence electrons. The maximum atomic E-state index is 10.4. The first kappa shape index (κ1) is 18.9. The van der Waals surface area contributed by atoms with Gasteiger partial charge in [0.1, 0.15) is 0 Å². The number of rotatable bonds is 13. The second kappa shape index (κ2) is 11.7. The molecule has 0 aromatic rings. The predicted molar refractivity (Wildman–Crippen MR) is 77.0 cm³/mol. The Morgan fingerprint density at radius 1 is 0.895 bits per heavy atom. The lowest BCUT2D eigenvalue weighted by Gasteiger charge is -2.12. The zero-order valence-electron chi connectivity index (χ0n) is 12.1. The third-order valence-corrected chi connectivity index (χ3v) is 4.08. The average molecular weight is 293 g/mol. The summed E-state index contributed by atoms with van der Waals surface area (Å²) in [6.45, 7) is 2.21. The lowest BCUT2D eigenvalue weighted by molar-refractivity contribution is 0.156. The van der Waals surface area contributed by atoms with Crippen LogP contribution in [0.3, 0.4) is 0 Å². The molecule has 1 N–H and O–H groups in total. The smallest absolute Gasteiger partial charge is 0.0946 e. The van der Waals surface area contributed by atoms with Gasteiger partial charge in [-0.1, -0.05) is 64.7 Å². The molecule has 19 heavy (non-hydrogen) atoms. The third-order valence-electron chi connectivity index (χ3n) is 3.34. The topological polar surface area (TPSA) is 77.4 Å². The molecule has 0 saturated carbocycles. The molecule has 0 aliphatic heterocycles. The second-order valence-electron chi connectivity index (χ2n) is 5.32. The van der Waals surface area contributed by atoms with E-state index >= 15 is 0 Å². The molecule has 0 fully saturated rings. The number of aliphatic hydroxyl groups excluding tert-OH is 1. The van der Waals surface area contributed by atoms with Crippen molar-refractivity contribution in [2.45, 2.75) is 83.7 Å². The van der Waals surface area contributed by atoms with E-state index in [1.54, 1.807) is 0 Å². The summed E-state index contributed by atoms with van der Waals surface area (Å²) in [5, 5.41) is 9.51. The van der Waals surface area contributed by atoms with Crippen LogP contribution >= 0.6 is 0 Å². The molecule has 1 atom stereocenters. The summed E-state index contributed by atoms with van der Waals surface area (Å²) in [6.07, 6.45) is 11.0. The minimum Gasteiger partial charge on any atom is -0.748 e. The van der Waals surface area contributed by atoms with Crippen molar-refractivity contribution in [2.24, 2.45) is 0 Å². The van der Waals surface area contributed by atoms with Crippen molar-refractivity contribution in [3.8, 4) is 0 Å². The van der Waals surface area contributed by atoms with Gasteiger partial charge in [0.2, 0.25) is 0 Å². The van der Waals surface area contributed by atoms with Crippen LogP contribution in [0.1, 0.15) is 77.6 Å². The summed E-state index contributed by atoms with van der Waals surface area (Å²) in [4.78, 5) is 0. The zero-order valence-corrected chi connectivity index (χ0v) is 13.0. The lowest BCUT2D eigenvalue weighted by Crippen LogP contribution is -2.14. The predicted octanol–water partition coefficient (Wildman–Crippen LogP) is 3.20. The van der Waals surface area contributed by atoms with E-state index in [4.69, 9.17) is 0 Å². The molecule has 1 unspecified atom stereocenters. The largest absolute Gasteiger partial charge is 0.748 e. The Morgan fingerprint density at radius 3 is 1.84 bits per heavy atom. The molecule has 0 saturated heterocycles. The number of unbranched alkanes of at least 4 members (excludes halogenated alkanes) is 8. The van der Waals surface area contributed by atoms with E-state index in [-0.39, 0.29) is 6.42 Å². The second-order valence-corrected chi connectivity index (χ2v) is 6.85. The van der Waals surface area contributed by atoms with Gasteiger partial charge in [-0.05, 0) is 12.8 Å². The van der Waals surface area contributed by atoms with Crippen LogP contribution < -0.4 is 0 Å². The fraction of sp³-hybridized carbons (Fsp3) is 1.00. The number of hydrogen-bond acceptors (Lipinski definition) is 4. The fourth-order valence-electron chi connectivity index (χ4n) is 2.12. The maximum Gasteiger partial charge on any atom is 0.0946 e. The van der Waals surface area contributed by atoms with E-state index in [1.165, 1.54) is 44.9 Å². The van der Waals surface area contributed by atoms with Gasteiger partial charge in [-0.15, -0.1) is 0 Å². The van der Waals surface area contributed by atoms with E-state index in [2.05, 4.69) is 6.92 Å². The van der Waals surface area contributed by atoms with Crippen LogP contribution in [0.4, 0.5) is 0 Å². The Balaban J connectivity index is 3.25. The van der Waals surface area contributed by atoms with Crippen molar-refractivity contribution in [2.75, 3.05) is 5.75 Å². The molecule has 0 aromatic carbocycles. The summed E-state index contributed by atoms with van der Waals surface area (Å²) >= 11 is 0. The van der Waals surface area contributed by atoms with Crippen LogP contribution in [0, 0.1) is 0 Å². The average Bonchev–Trinajstić information content (AvgIpc) is 2.33. The summed E-state index contributed by atoms with van der Waals surface area (Å²) in [5.74, 6) is -0.453. The van der Waals surface area contributed by atoms with Gasteiger partial charge in [0, 0.05) is 5.75 Å². The standard InChI is InChI=1S/C14H30O4S/c1-2-3-4-5-6-7-8-9-10-11-14(15)12-13-19(16,17)18/h14-15H,2-13H2,1H3,(H,16,17,18)/p-1. The van der Waals surface area contributed by atoms with Crippen LogP contribution in [-0.4, -0.2) is 29.9 Å². The quantitative estimate of drug-likeness (QED) is 0.418. The van der Waals surface area contributed by atoms with Gasteiger partial charge in [-0.2, -0.15) is 0 Å². The molecule has 5 heteroatoms. The zero-order chi connectivity index (χ0) is 14.6. The molecule has 0 rings (SSSR count). The van der Waals surface area contributed by atoms with E-state index < -0.39 is 22.0 Å². The highest BCUT2D eigenvalue weighted by Crippen LogP contribution is 2.12. The van der Waals surface area contributed by atoms with Crippen molar-refractivity contribution in [3.63, 3.8) is 0 Å². The SMILES string of the molecule is CCCCCCCCCCCC(O)CCS(=O)(=O)[O-]. The third kappa shape index (κ3) is 15.8. The molecule has 0 spiro atoms. The minimum atomic E-state index is -4.18. The van der Waals surface area contributed by atoms with Gasteiger partial charge in [0.05, 0.1) is 16.2 Å². The molecule has 0 heterocycles. The van der Waals surface area contributed by atoms with Gasteiger partial charge in [0.15, 0.2) is 0 Å². The monoisotopic (exact) mass is 293 g/mol. The molecular formula is C14H29O4S-. The van der Waals surface area contributed by atoms with Crippen molar-refractivity contribution < 1.29 is 18.1 Å². The Kier molecular flexibility index (Phi) is 11.6. The maximum absolute atomic E-state index is 10.4. The molecule has 0 bridgehead atoms. The molecule has 0 aliphatic carbocycles. The Labute approximate surface area is 118 Å². The van der Waals surface area contributed by atoms with Crippen molar-refractivity contribution in [1.29, 1.82) is 0 Å². The summed E-state index contributed by atoms with van der Waals surface area (Å²) < 4.78 is 31.2. The molecule has 0 radical (unpaired) electrons. The first-order chi connectivity index (χ1) is 8.95. The molecule has 4 nitrogen and oxygen atoms in total. The van der Waals surface area contributed by atoms with Gasteiger partial charge >= 0.3 is 0 Å². The molecular weight excluding hydrogens is 264 g/mol. The first-order valence-electron chi connectivity index (χ1n) is 7.57. The first-order valence-corrected chi connectivity index (χ1v) is 9.15. The van der Waals surface area contributed by atoms with Crippen LogP contribution in [0.2, 0.25) is 0 Å². The molecule has 0 amide bonds. The Bertz CT molecular complexity index is 288. The van der Waals surface area contributed by atoms with Gasteiger partial charge in [-0.25, -0.2) is 8.42 Å². The molecule has 0 aliphatic rings. The van der Waals surface area contributed by atoms with Crippen LogP contribution in [0.25, 0.3) is 0 Å². The van der Waals surface area contributed by atoms with Crippen LogP contribution in [0.5, 0.6) is 0 Å². The summed E-state index contributed by atoms with van der Waals surface area (Å²) in [6, 6.07) is 0. The van der Waals surface area contributed by atoms with Crippen LogP contribution in [-0.2, 0) is 10.1 Å². The minimum absolute atomic E-state index is 0.0723. The van der Waals surface area contributed by atoms with Crippen molar-refractivity contribution in [3.05, 3.63) is 0 Å². The van der Waals surface area contributed by atoms with E-state index in [1.807, 2.05) is 0 Å². The highest BCUT2D eigenvalue weighted by atomic mass is 32.2. The van der Waals surface area contributed by atoms with Gasteiger partial charge in [0.25, 0.3) is 0 Å². The normalized spacial score (nSPS) is 13.6. The lowest BCUT2D eigenvalue weighted by atomic mass is 10.0. The van der Waals surface area contributed by atoms with Crippen molar-refractivity contribution in [1.82, 2.24) is 0 Å². The fourth-order valence-corrected chi connectivity index (χ4v) is 2.68. The van der Waals surface area contributed by atoms with Gasteiger partial charge in [-0.3, -0.25) is 0 Å². The van der Waals surface area contributed by atoms with E-state index in [0.29, 0.717) is 6.42 Å². The Hall–Kier alpha value is -0.130. The Morgan fingerprint density at radius 2 is 1.37 bits per heavy atom. The summed E-state index contributed by atoms with van der Waals surface area (Å²) in [5.41, 5.74) is 0. The van der Waals surface area contributed by atoms with E-state index in [0.717, 1.165) is 12.8 Å². The highest BCUT2D eigenvalue weighted by Gasteiger charge is 2.06. The number of hydrogen-bond donors (Lipinski definition) is 1. The highest BCUT2D eigenvalue weighted by molar-refractivity contribution is 7.85. The number of aliphatic hydroxyl groups is 1. The van der Waals surface area contributed by atoms with Gasteiger partial charge < -0.3 is 9.66 Å². The van der Waals surface area contributed by atoms with Crippen LogP contribution in [0.15, 0.2) is 0 Å². The van der Waals surface area contributed by atoms with E-state index in [9.17, 15) is 18.1 Å². The van der Waals surface area contributed by atoms with Crippen molar-refractivity contribution >= 4 is 10.1 Å². The molecule has 0 aromatic heterocycles.